The predicted molar refractivity (Wildman–Crippen MR) is 109 cm³/mol. The lowest BCUT2D eigenvalue weighted by Gasteiger charge is -2.22. The molecule has 2 aromatic carbocycles. The number of rotatable bonds is 9. The fourth-order valence-electron chi connectivity index (χ4n) is 2.62. The standard InChI is InChI=1S/C20H26N2O4S/c1-4-5-6-16-7-9-17(10-8-16)21-20(23)15-22(27(3,24)25)18-11-13-19(26-2)14-12-18/h7-14H,4-6,15H2,1-3H3,(H,21,23). The molecule has 0 bridgehead atoms. The first-order chi connectivity index (χ1) is 12.8. The van der Waals surface area contributed by atoms with Crippen LogP contribution in [0.5, 0.6) is 5.75 Å². The topological polar surface area (TPSA) is 75.7 Å². The van der Waals surface area contributed by atoms with Gasteiger partial charge in [-0.3, -0.25) is 9.10 Å². The molecule has 0 spiro atoms. The first-order valence-electron chi connectivity index (χ1n) is 8.84. The summed E-state index contributed by atoms with van der Waals surface area (Å²) >= 11 is 0. The van der Waals surface area contributed by atoms with E-state index in [4.69, 9.17) is 4.74 Å². The van der Waals surface area contributed by atoms with Crippen molar-refractivity contribution in [2.45, 2.75) is 26.2 Å². The molecular weight excluding hydrogens is 364 g/mol. The molecule has 0 saturated heterocycles. The number of amides is 1. The maximum atomic E-state index is 12.4. The Balaban J connectivity index is 2.07. The molecule has 6 nitrogen and oxygen atoms in total. The second kappa shape index (κ2) is 9.41. The normalized spacial score (nSPS) is 11.1. The second-order valence-electron chi connectivity index (χ2n) is 6.32. The smallest absolute Gasteiger partial charge is 0.245 e. The number of hydrogen-bond acceptors (Lipinski definition) is 4. The second-order valence-corrected chi connectivity index (χ2v) is 8.22. The minimum Gasteiger partial charge on any atom is -0.497 e. The van der Waals surface area contributed by atoms with E-state index in [0.717, 1.165) is 29.8 Å². The monoisotopic (exact) mass is 390 g/mol. The maximum Gasteiger partial charge on any atom is 0.245 e. The molecule has 0 aliphatic carbocycles. The molecule has 0 radical (unpaired) electrons. The van der Waals surface area contributed by atoms with Crippen molar-refractivity contribution in [1.82, 2.24) is 0 Å². The van der Waals surface area contributed by atoms with E-state index in [9.17, 15) is 13.2 Å². The van der Waals surface area contributed by atoms with Crippen LogP contribution in [-0.2, 0) is 21.2 Å². The van der Waals surface area contributed by atoms with Crippen LogP contribution in [0.15, 0.2) is 48.5 Å². The minimum atomic E-state index is -3.61. The van der Waals surface area contributed by atoms with Crippen molar-refractivity contribution in [3.8, 4) is 5.75 Å². The van der Waals surface area contributed by atoms with Gasteiger partial charge in [-0.05, 0) is 54.8 Å². The largest absolute Gasteiger partial charge is 0.497 e. The van der Waals surface area contributed by atoms with Gasteiger partial charge in [0.25, 0.3) is 0 Å². The number of carbonyl (C=O) groups excluding carboxylic acids is 1. The molecule has 0 aliphatic rings. The average Bonchev–Trinajstić information content (AvgIpc) is 2.65. The summed E-state index contributed by atoms with van der Waals surface area (Å²) in [5, 5.41) is 2.75. The van der Waals surface area contributed by atoms with E-state index in [1.807, 2.05) is 24.3 Å². The van der Waals surface area contributed by atoms with Crippen LogP contribution in [-0.4, -0.2) is 34.2 Å². The number of unbranched alkanes of at least 4 members (excludes halogenated alkanes) is 1. The molecule has 0 heterocycles. The van der Waals surface area contributed by atoms with Crippen LogP contribution >= 0.6 is 0 Å². The van der Waals surface area contributed by atoms with Gasteiger partial charge in [0.1, 0.15) is 12.3 Å². The zero-order chi connectivity index (χ0) is 19.9. The van der Waals surface area contributed by atoms with Crippen LogP contribution in [0.1, 0.15) is 25.3 Å². The number of carbonyl (C=O) groups is 1. The quantitative estimate of drug-likeness (QED) is 0.712. The Kier molecular flexibility index (Phi) is 7.24. The number of nitrogens with zero attached hydrogens (tertiary/aromatic N) is 1. The molecule has 1 N–H and O–H groups in total. The summed E-state index contributed by atoms with van der Waals surface area (Å²) < 4.78 is 30.4. The fourth-order valence-corrected chi connectivity index (χ4v) is 3.47. The molecule has 1 amide bonds. The average molecular weight is 391 g/mol. The summed E-state index contributed by atoms with van der Waals surface area (Å²) in [6.07, 6.45) is 4.33. The van der Waals surface area contributed by atoms with E-state index in [0.29, 0.717) is 17.1 Å². The Morgan fingerprint density at radius 3 is 2.22 bits per heavy atom. The number of nitrogens with one attached hydrogen (secondary N) is 1. The van der Waals surface area contributed by atoms with Crippen molar-refractivity contribution in [2.75, 3.05) is 29.5 Å². The molecule has 0 aliphatic heterocycles. The SMILES string of the molecule is CCCCc1ccc(NC(=O)CN(c2ccc(OC)cc2)S(C)(=O)=O)cc1. The molecule has 0 aromatic heterocycles. The van der Waals surface area contributed by atoms with Crippen LogP contribution in [0.3, 0.4) is 0 Å². The highest BCUT2D eigenvalue weighted by atomic mass is 32.2. The Morgan fingerprint density at radius 2 is 1.70 bits per heavy atom. The van der Waals surface area contributed by atoms with Crippen LogP contribution in [0.25, 0.3) is 0 Å². The summed E-state index contributed by atoms with van der Waals surface area (Å²) in [5.74, 6) is 0.206. The number of sulfonamides is 1. The van der Waals surface area contributed by atoms with Crippen molar-refractivity contribution in [3.63, 3.8) is 0 Å². The first kappa shape index (κ1) is 20.8. The number of hydrogen-bond donors (Lipinski definition) is 1. The predicted octanol–water partition coefficient (Wildman–Crippen LogP) is 3.44. The van der Waals surface area contributed by atoms with Crippen LogP contribution in [0.2, 0.25) is 0 Å². The lowest BCUT2D eigenvalue weighted by Crippen LogP contribution is -2.37. The lowest BCUT2D eigenvalue weighted by molar-refractivity contribution is -0.114. The molecule has 0 saturated carbocycles. The third kappa shape index (κ3) is 6.29. The number of anilines is 2. The molecule has 0 atom stereocenters. The molecule has 0 unspecified atom stereocenters. The van der Waals surface area contributed by atoms with E-state index in [1.54, 1.807) is 24.3 Å². The van der Waals surface area contributed by atoms with Crippen molar-refractivity contribution in [3.05, 3.63) is 54.1 Å². The molecule has 0 fully saturated rings. The summed E-state index contributed by atoms with van der Waals surface area (Å²) in [5.41, 5.74) is 2.26. The maximum absolute atomic E-state index is 12.4. The number of ether oxygens (including phenoxy) is 1. The molecule has 27 heavy (non-hydrogen) atoms. The highest BCUT2D eigenvalue weighted by Gasteiger charge is 2.21. The zero-order valence-electron chi connectivity index (χ0n) is 15.9. The van der Waals surface area contributed by atoms with Gasteiger partial charge < -0.3 is 10.1 Å². The van der Waals surface area contributed by atoms with Gasteiger partial charge in [-0.25, -0.2) is 8.42 Å². The number of aryl methyl sites for hydroxylation is 1. The van der Waals surface area contributed by atoms with Gasteiger partial charge in [-0.1, -0.05) is 25.5 Å². The Morgan fingerprint density at radius 1 is 1.07 bits per heavy atom. The van der Waals surface area contributed by atoms with E-state index in [-0.39, 0.29) is 6.54 Å². The number of benzene rings is 2. The molecule has 2 aromatic rings. The van der Waals surface area contributed by atoms with Gasteiger partial charge >= 0.3 is 0 Å². The van der Waals surface area contributed by atoms with Gasteiger partial charge in [0.15, 0.2) is 0 Å². The van der Waals surface area contributed by atoms with Crippen LogP contribution in [0.4, 0.5) is 11.4 Å². The molecule has 146 valence electrons. The third-order valence-corrected chi connectivity index (χ3v) is 5.25. The van der Waals surface area contributed by atoms with Crippen molar-refractivity contribution in [2.24, 2.45) is 0 Å². The summed E-state index contributed by atoms with van der Waals surface area (Å²) in [4.78, 5) is 12.4. The van der Waals surface area contributed by atoms with E-state index >= 15 is 0 Å². The highest BCUT2D eigenvalue weighted by molar-refractivity contribution is 7.92. The van der Waals surface area contributed by atoms with E-state index in [1.165, 1.54) is 12.7 Å². The van der Waals surface area contributed by atoms with Gasteiger partial charge in [0.2, 0.25) is 15.9 Å². The van der Waals surface area contributed by atoms with E-state index < -0.39 is 15.9 Å². The first-order valence-corrected chi connectivity index (χ1v) is 10.7. The molecular formula is C20H26N2O4S. The van der Waals surface area contributed by atoms with Crippen LogP contribution in [0, 0.1) is 0 Å². The van der Waals surface area contributed by atoms with Gasteiger partial charge in [-0.2, -0.15) is 0 Å². The van der Waals surface area contributed by atoms with E-state index in [2.05, 4.69) is 12.2 Å². The Bertz CT molecular complexity index is 847. The molecule has 7 heteroatoms. The zero-order valence-corrected chi connectivity index (χ0v) is 16.8. The Hall–Kier alpha value is -2.54. The Labute approximate surface area is 161 Å². The summed E-state index contributed by atoms with van der Waals surface area (Å²) in [6.45, 7) is 1.84. The number of methoxy groups -OCH3 is 1. The van der Waals surface area contributed by atoms with Crippen molar-refractivity contribution >= 4 is 27.3 Å². The summed E-state index contributed by atoms with van der Waals surface area (Å²) in [6, 6.07) is 14.1. The van der Waals surface area contributed by atoms with Crippen LogP contribution < -0.4 is 14.4 Å². The summed E-state index contributed by atoms with van der Waals surface area (Å²) in [7, 11) is -2.08. The van der Waals surface area contributed by atoms with Gasteiger partial charge in [0, 0.05) is 5.69 Å². The lowest BCUT2D eigenvalue weighted by atomic mass is 10.1. The van der Waals surface area contributed by atoms with Gasteiger partial charge in [-0.15, -0.1) is 0 Å². The fraction of sp³-hybridized carbons (Fsp3) is 0.350. The highest BCUT2D eigenvalue weighted by Crippen LogP contribution is 2.21. The van der Waals surface area contributed by atoms with Gasteiger partial charge in [0.05, 0.1) is 19.1 Å². The minimum absolute atomic E-state index is 0.303. The third-order valence-electron chi connectivity index (χ3n) is 4.10. The molecule has 2 rings (SSSR count). The van der Waals surface area contributed by atoms with Crippen molar-refractivity contribution in [1.29, 1.82) is 0 Å². The van der Waals surface area contributed by atoms with Crippen molar-refractivity contribution < 1.29 is 17.9 Å².